The van der Waals surface area contributed by atoms with Gasteiger partial charge in [0.2, 0.25) is 5.89 Å². The minimum absolute atomic E-state index is 0.0410. The highest BCUT2D eigenvalue weighted by Gasteiger charge is 2.16. The summed E-state index contributed by atoms with van der Waals surface area (Å²) in [5, 5.41) is 20.8. The van der Waals surface area contributed by atoms with Gasteiger partial charge in [0.1, 0.15) is 5.01 Å². The van der Waals surface area contributed by atoms with E-state index < -0.39 is 10.9 Å². The molecule has 0 atom stereocenters. The van der Waals surface area contributed by atoms with Crippen LogP contribution in [0.5, 0.6) is 0 Å². The second kappa shape index (κ2) is 8.21. The topological polar surface area (TPSA) is 121 Å². The summed E-state index contributed by atoms with van der Waals surface area (Å²) >= 11 is 1.35. The van der Waals surface area contributed by atoms with Crippen molar-refractivity contribution < 1.29 is 18.9 Å². The predicted octanol–water partition coefficient (Wildman–Crippen LogP) is 4.43. The molecule has 0 N–H and O–H groups in total. The summed E-state index contributed by atoms with van der Waals surface area (Å²) in [4.78, 5) is 26.8. The molecule has 9 nitrogen and oxygen atoms in total. The molecule has 4 aromatic rings. The molecule has 0 aliphatic carbocycles. The van der Waals surface area contributed by atoms with Gasteiger partial charge in [0, 0.05) is 28.6 Å². The van der Waals surface area contributed by atoms with E-state index >= 15 is 0 Å². The number of hydrogen-bond donors (Lipinski definition) is 0. The number of carbonyl (C=O) groups excluding carboxylic acids is 1. The fourth-order valence-corrected chi connectivity index (χ4v) is 3.35. The van der Waals surface area contributed by atoms with Crippen LogP contribution in [0.15, 0.2) is 58.3 Å². The zero-order chi connectivity index (χ0) is 21.1. The maximum atomic E-state index is 12.3. The van der Waals surface area contributed by atoms with Gasteiger partial charge in [0.25, 0.3) is 11.6 Å². The lowest BCUT2D eigenvalue weighted by Gasteiger charge is -1.99. The molecule has 2 heterocycles. The van der Waals surface area contributed by atoms with Gasteiger partial charge in [-0.05, 0) is 19.1 Å². The van der Waals surface area contributed by atoms with E-state index in [2.05, 4.69) is 15.2 Å². The fourth-order valence-electron chi connectivity index (χ4n) is 2.55. The van der Waals surface area contributed by atoms with Gasteiger partial charge in [0.05, 0.1) is 4.92 Å². The average molecular weight is 422 g/mol. The molecule has 0 bridgehead atoms. The highest BCUT2D eigenvalue weighted by molar-refractivity contribution is 7.13. The summed E-state index contributed by atoms with van der Waals surface area (Å²) in [5.74, 6) is -0.323. The lowest BCUT2D eigenvalue weighted by molar-refractivity contribution is -0.384. The molecule has 0 unspecified atom stereocenters. The van der Waals surface area contributed by atoms with Crippen LogP contribution in [0.1, 0.15) is 21.9 Å². The second-order valence-corrected chi connectivity index (χ2v) is 7.14. The summed E-state index contributed by atoms with van der Waals surface area (Å²) < 4.78 is 10.7. The molecule has 0 saturated heterocycles. The van der Waals surface area contributed by atoms with Crippen LogP contribution in [0, 0.1) is 17.0 Å². The number of nitro groups is 1. The molecule has 2 aromatic heterocycles. The van der Waals surface area contributed by atoms with Crippen molar-refractivity contribution in [2.45, 2.75) is 13.5 Å². The number of hydrogen-bond acceptors (Lipinski definition) is 9. The van der Waals surface area contributed by atoms with Crippen LogP contribution in [0.2, 0.25) is 0 Å². The molecule has 0 spiro atoms. The predicted molar refractivity (Wildman–Crippen MR) is 108 cm³/mol. The van der Waals surface area contributed by atoms with E-state index in [1.807, 2.05) is 31.2 Å². The molecule has 150 valence electrons. The van der Waals surface area contributed by atoms with E-state index in [9.17, 15) is 14.9 Å². The van der Waals surface area contributed by atoms with Gasteiger partial charge in [-0.3, -0.25) is 10.1 Å². The molecule has 0 fully saturated rings. The number of aryl methyl sites for hydroxylation is 1. The summed E-state index contributed by atoms with van der Waals surface area (Å²) in [5.41, 5.74) is 2.75. The highest BCUT2D eigenvalue weighted by atomic mass is 32.1. The summed E-state index contributed by atoms with van der Waals surface area (Å²) in [6.45, 7) is 1.79. The van der Waals surface area contributed by atoms with Crippen molar-refractivity contribution in [1.82, 2.24) is 15.2 Å². The minimum Gasteiger partial charge on any atom is -0.451 e. The van der Waals surface area contributed by atoms with E-state index in [-0.39, 0.29) is 29.8 Å². The Kier molecular flexibility index (Phi) is 5.31. The van der Waals surface area contributed by atoms with Gasteiger partial charge >= 0.3 is 5.97 Å². The standard InChI is InChI=1S/C20H14N4O5S/c1-12-2-4-14(5-3-12)19-21-16(11-30-19)20(25)28-10-17-22-23-18(29-17)13-6-8-15(9-7-13)24(26)27/h2-9,11H,10H2,1H3. The highest BCUT2D eigenvalue weighted by Crippen LogP contribution is 2.25. The first-order valence-corrected chi connectivity index (χ1v) is 9.64. The van der Waals surface area contributed by atoms with Crippen molar-refractivity contribution >= 4 is 23.0 Å². The fraction of sp³-hybridized carbons (Fsp3) is 0.100. The van der Waals surface area contributed by atoms with Crippen LogP contribution in [-0.2, 0) is 11.3 Å². The smallest absolute Gasteiger partial charge is 0.358 e. The zero-order valence-corrected chi connectivity index (χ0v) is 16.5. The Labute approximate surface area is 174 Å². The summed E-state index contributed by atoms with van der Waals surface area (Å²) in [7, 11) is 0. The van der Waals surface area contributed by atoms with Gasteiger partial charge in [0.15, 0.2) is 12.3 Å². The van der Waals surface area contributed by atoms with E-state index in [0.717, 1.165) is 16.1 Å². The van der Waals surface area contributed by atoms with Crippen molar-refractivity contribution in [3.63, 3.8) is 0 Å². The summed E-state index contributed by atoms with van der Waals surface area (Å²) in [6, 6.07) is 13.5. The van der Waals surface area contributed by atoms with Crippen LogP contribution < -0.4 is 0 Å². The van der Waals surface area contributed by atoms with E-state index in [0.29, 0.717) is 5.56 Å². The number of ether oxygens (including phenoxy) is 1. The van der Waals surface area contributed by atoms with Gasteiger partial charge in [-0.2, -0.15) is 0 Å². The first kappa shape index (κ1) is 19.4. The second-order valence-electron chi connectivity index (χ2n) is 6.28. The lowest BCUT2D eigenvalue weighted by atomic mass is 10.2. The Morgan fingerprint density at radius 1 is 1.10 bits per heavy atom. The number of carbonyl (C=O) groups is 1. The maximum Gasteiger partial charge on any atom is 0.358 e. The molecular weight excluding hydrogens is 408 g/mol. The van der Waals surface area contributed by atoms with Crippen molar-refractivity contribution in [3.8, 4) is 22.0 Å². The minimum atomic E-state index is -0.598. The number of nitro benzene ring substituents is 1. The number of esters is 1. The average Bonchev–Trinajstić information content (AvgIpc) is 3.43. The Balaban J connectivity index is 1.39. The van der Waals surface area contributed by atoms with Crippen molar-refractivity contribution in [2.75, 3.05) is 0 Å². The van der Waals surface area contributed by atoms with Crippen LogP contribution in [0.3, 0.4) is 0 Å². The number of benzene rings is 2. The Morgan fingerprint density at radius 3 is 2.50 bits per heavy atom. The molecule has 2 aromatic carbocycles. The van der Waals surface area contributed by atoms with Crippen molar-refractivity contribution in [1.29, 1.82) is 0 Å². The van der Waals surface area contributed by atoms with Gasteiger partial charge in [-0.15, -0.1) is 21.5 Å². The number of non-ortho nitro benzene ring substituents is 1. The van der Waals surface area contributed by atoms with Crippen LogP contribution in [-0.4, -0.2) is 26.1 Å². The van der Waals surface area contributed by atoms with Crippen molar-refractivity contribution in [3.05, 3.63) is 81.2 Å². The molecule has 4 rings (SSSR count). The first-order chi connectivity index (χ1) is 14.5. The Bertz CT molecular complexity index is 1200. The molecule has 0 saturated carbocycles. The van der Waals surface area contributed by atoms with Crippen LogP contribution in [0.4, 0.5) is 5.69 Å². The number of nitrogens with zero attached hydrogens (tertiary/aromatic N) is 4. The Hall–Kier alpha value is -3.92. The monoisotopic (exact) mass is 422 g/mol. The van der Waals surface area contributed by atoms with Gasteiger partial charge < -0.3 is 9.15 Å². The van der Waals surface area contributed by atoms with Crippen molar-refractivity contribution in [2.24, 2.45) is 0 Å². The number of rotatable bonds is 6. The van der Waals surface area contributed by atoms with Crippen LogP contribution in [0.25, 0.3) is 22.0 Å². The van der Waals surface area contributed by atoms with E-state index in [1.165, 1.54) is 35.6 Å². The number of aromatic nitrogens is 3. The van der Waals surface area contributed by atoms with E-state index in [1.54, 1.807) is 5.38 Å². The van der Waals surface area contributed by atoms with Crippen LogP contribution >= 0.6 is 11.3 Å². The largest absolute Gasteiger partial charge is 0.451 e. The lowest BCUT2D eigenvalue weighted by Crippen LogP contribution is -2.05. The maximum absolute atomic E-state index is 12.3. The molecule has 0 radical (unpaired) electrons. The molecular formula is C20H14N4O5S. The quantitative estimate of drug-likeness (QED) is 0.254. The van der Waals surface area contributed by atoms with E-state index in [4.69, 9.17) is 9.15 Å². The van der Waals surface area contributed by atoms with Gasteiger partial charge in [-0.1, -0.05) is 29.8 Å². The first-order valence-electron chi connectivity index (χ1n) is 8.76. The van der Waals surface area contributed by atoms with Gasteiger partial charge in [-0.25, -0.2) is 9.78 Å². The Morgan fingerprint density at radius 2 is 1.80 bits per heavy atom. The molecule has 10 heteroatoms. The third-order valence-electron chi connectivity index (χ3n) is 4.13. The SMILES string of the molecule is Cc1ccc(-c2nc(C(=O)OCc3nnc(-c4ccc([N+](=O)[O-])cc4)o3)cs2)cc1. The molecule has 30 heavy (non-hydrogen) atoms. The summed E-state index contributed by atoms with van der Waals surface area (Å²) in [6.07, 6.45) is 0. The normalized spacial score (nSPS) is 10.7. The molecule has 0 aliphatic heterocycles. The molecule has 0 aliphatic rings. The zero-order valence-electron chi connectivity index (χ0n) is 15.6. The third-order valence-corrected chi connectivity index (χ3v) is 5.02. The third kappa shape index (κ3) is 4.23. The molecule has 0 amide bonds. The number of thiazole rings is 1.